The molecule has 2 rings (SSSR count). The van der Waals surface area contributed by atoms with Gasteiger partial charge in [-0.1, -0.05) is 48.0 Å². The normalized spacial score (nSPS) is 10.3. The molecule has 0 heterocycles. The highest BCUT2D eigenvalue weighted by atomic mass is 35.5. The van der Waals surface area contributed by atoms with Crippen LogP contribution in [0.5, 0.6) is 0 Å². The molecule has 0 aliphatic carbocycles. The molecule has 0 unspecified atom stereocenters. The van der Waals surface area contributed by atoms with Crippen molar-refractivity contribution in [3.63, 3.8) is 0 Å². The molecule has 0 radical (unpaired) electrons. The van der Waals surface area contributed by atoms with Gasteiger partial charge >= 0.3 is 7.12 Å². The van der Waals surface area contributed by atoms with Gasteiger partial charge in [0.1, 0.15) is 0 Å². The quantitative estimate of drug-likeness (QED) is 0.808. The SMILES string of the molecule is OB(O)c1ccc(Cl)cc1Cc1ccccc1. The highest BCUT2D eigenvalue weighted by Crippen LogP contribution is 2.13. The first-order valence-corrected chi connectivity index (χ1v) is 5.73. The Hall–Kier alpha value is -1.29. The lowest BCUT2D eigenvalue weighted by Gasteiger charge is -2.09. The Morgan fingerprint density at radius 1 is 1.00 bits per heavy atom. The second kappa shape index (κ2) is 5.36. The van der Waals surface area contributed by atoms with E-state index in [1.807, 2.05) is 30.3 Å². The van der Waals surface area contributed by atoms with E-state index >= 15 is 0 Å². The third kappa shape index (κ3) is 3.10. The van der Waals surface area contributed by atoms with E-state index in [2.05, 4.69) is 0 Å². The Kier molecular flexibility index (Phi) is 3.84. The molecule has 86 valence electrons. The molecule has 0 aliphatic rings. The molecule has 0 amide bonds. The van der Waals surface area contributed by atoms with Gasteiger partial charge in [-0.15, -0.1) is 0 Å². The lowest BCUT2D eigenvalue weighted by molar-refractivity contribution is 0.425. The molecule has 0 atom stereocenters. The predicted octanol–water partition coefficient (Wildman–Crippen LogP) is 1.61. The average Bonchev–Trinajstić information content (AvgIpc) is 2.30. The fraction of sp³-hybridized carbons (Fsp3) is 0.0769. The largest absolute Gasteiger partial charge is 0.488 e. The summed E-state index contributed by atoms with van der Waals surface area (Å²) in [6.45, 7) is 0. The van der Waals surface area contributed by atoms with Crippen LogP contribution >= 0.6 is 11.6 Å². The Morgan fingerprint density at radius 3 is 2.35 bits per heavy atom. The van der Waals surface area contributed by atoms with Crippen molar-refractivity contribution < 1.29 is 10.0 Å². The predicted molar refractivity (Wildman–Crippen MR) is 70.5 cm³/mol. The molecule has 4 heteroatoms. The number of halogens is 1. The van der Waals surface area contributed by atoms with Gasteiger partial charge in [-0.2, -0.15) is 0 Å². The second-order valence-corrected chi connectivity index (χ2v) is 4.32. The molecule has 0 aromatic heterocycles. The van der Waals surface area contributed by atoms with Gasteiger partial charge in [-0.25, -0.2) is 0 Å². The summed E-state index contributed by atoms with van der Waals surface area (Å²) in [5.74, 6) is 0. The zero-order chi connectivity index (χ0) is 12.3. The van der Waals surface area contributed by atoms with Crippen molar-refractivity contribution in [3.8, 4) is 0 Å². The van der Waals surface area contributed by atoms with Crippen LogP contribution in [0.4, 0.5) is 0 Å². The van der Waals surface area contributed by atoms with Gasteiger partial charge in [0.05, 0.1) is 0 Å². The molecule has 0 saturated carbocycles. The smallest absolute Gasteiger partial charge is 0.423 e. The molecule has 0 aliphatic heterocycles. The summed E-state index contributed by atoms with van der Waals surface area (Å²) in [5, 5.41) is 19.2. The van der Waals surface area contributed by atoms with Crippen LogP contribution in [0.1, 0.15) is 11.1 Å². The van der Waals surface area contributed by atoms with Crippen molar-refractivity contribution in [3.05, 3.63) is 64.7 Å². The van der Waals surface area contributed by atoms with Crippen LogP contribution in [0.2, 0.25) is 5.02 Å². The Balaban J connectivity index is 2.34. The Morgan fingerprint density at radius 2 is 1.71 bits per heavy atom. The van der Waals surface area contributed by atoms with E-state index in [0.717, 1.165) is 11.1 Å². The summed E-state index contributed by atoms with van der Waals surface area (Å²) in [5.41, 5.74) is 2.44. The first kappa shape index (κ1) is 12.2. The summed E-state index contributed by atoms with van der Waals surface area (Å²) >= 11 is 5.92. The molecular weight excluding hydrogens is 234 g/mol. The number of hydrogen-bond donors (Lipinski definition) is 2. The van der Waals surface area contributed by atoms with Gasteiger partial charge in [0.25, 0.3) is 0 Å². The molecule has 0 spiro atoms. The Bertz CT molecular complexity index is 500. The first-order valence-electron chi connectivity index (χ1n) is 5.35. The van der Waals surface area contributed by atoms with E-state index in [0.29, 0.717) is 16.9 Å². The van der Waals surface area contributed by atoms with Gasteiger partial charge in [0.15, 0.2) is 0 Å². The maximum absolute atomic E-state index is 9.29. The molecular formula is C13H12BClO2. The van der Waals surface area contributed by atoms with Crippen molar-refractivity contribution >= 4 is 24.2 Å². The minimum atomic E-state index is -1.47. The van der Waals surface area contributed by atoms with E-state index in [1.54, 1.807) is 18.2 Å². The minimum absolute atomic E-state index is 0.498. The van der Waals surface area contributed by atoms with Gasteiger partial charge in [0, 0.05) is 5.02 Å². The molecule has 2 nitrogen and oxygen atoms in total. The fourth-order valence-electron chi connectivity index (χ4n) is 1.80. The van der Waals surface area contributed by atoms with E-state index in [-0.39, 0.29) is 0 Å². The van der Waals surface area contributed by atoms with Crippen LogP contribution in [-0.4, -0.2) is 17.2 Å². The van der Waals surface area contributed by atoms with Crippen molar-refractivity contribution in [1.29, 1.82) is 0 Å². The van der Waals surface area contributed by atoms with Crippen LogP contribution in [-0.2, 0) is 6.42 Å². The minimum Gasteiger partial charge on any atom is -0.423 e. The van der Waals surface area contributed by atoms with Crippen LogP contribution in [0, 0.1) is 0 Å². The van der Waals surface area contributed by atoms with Crippen LogP contribution in [0.25, 0.3) is 0 Å². The summed E-state index contributed by atoms with van der Waals surface area (Å²) in [6.07, 6.45) is 0.633. The van der Waals surface area contributed by atoms with Crippen molar-refractivity contribution in [2.24, 2.45) is 0 Å². The van der Waals surface area contributed by atoms with Gasteiger partial charge in [0.2, 0.25) is 0 Å². The molecule has 2 N–H and O–H groups in total. The molecule has 17 heavy (non-hydrogen) atoms. The lowest BCUT2D eigenvalue weighted by Crippen LogP contribution is -2.33. The van der Waals surface area contributed by atoms with Gasteiger partial charge in [-0.3, -0.25) is 0 Å². The third-order valence-corrected chi connectivity index (χ3v) is 2.86. The lowest BCUT2D eigenvalue weighted by atomic mass is 9.76. The van der Waals surface area contributed by atoms with E-state index in [4.69, 9.17) is 11.6 Å². The van der Waals surface area contributed by atoms with Crippen molar-refractivity contribution in [1.82, 2.24) is 0 Å². The van der Waals surface area contributed by atoms with E-state index in [9.17, 15) is 10.0 Å². The molecule has 0 fully saturated rings. The summed E-state index contributed by atoms with van der Waals surface area (Å²) in [6, 6.07) is 14.9. The van der Waals surface area contributed by atoms with Crippen LogP contribution in [0.3, 0.4) is 0 Å². The molecule has 2 aromatic rings. The van der Waals surface area contributed by atoms with Gasteiger partial charge < -0.3 is 10.0 Å². The second-order valence-electron chi connectivity index (χ2n) is 3.88. The monoisotopic (exact) mass is 246 g/mol. The van der Waals surface area contributed by atoms with E-state index < -0.39 is 7.12 Å². The zero-order valence-corrected chi connectivity index (χ0v) is 9.93. The topological polar surface area (TPSA) is 40.5 Å². The third-order valence-electron chi connectivity index (χ3n) is 2.62. The zero-order valence-electron chi connectivity index (χ0n) is 9.18. The van der Waals surface area contributed by atoms with Gasteiger partial charge in [-0.05, 0) is 35.1 Å². The number of hydrogen-bond acceptors (Lipinski definition) is 2. The summed E-state index contributed by atoms with van der Waals surface area (Å²) in [7, 11) is -1.47. The van der Waals surface area contributed by atoms with Crippen LogP contribution < -0.4 is 5.46 Å². The molecule has 0 saturated heterocycles. The standard InChI is InChI=1S/C13H12BClO2/c15-12-6-7-13(14(16)17)11(9-12)8-10-4-2-1-3-5-10/h1-7,9,16-17H,8H2. The Labute approximate surface area is 106 Å². The summed E-state index contributed by atoms with van der Waals surface area (Å²) in [4.78, 5) is 0. The maximum Gasteiger partial charge on any atom is 0.488 e. The molecule has 0 bridgehead atoms. The number of benzene rings is 2. The van der Waals surface area contributed by atoms with E-state index in [1.165, 1.54) is 0 Å². The maximum atomic E-state index is 9.29. The highest BCUT2D eigenvalue weighted by Gasteiger charge is 2.16. The average molecular weight is 247 g/mol. The van der Waals surface area contributed by atoms with Crippen LogP contribution in [0.15, 0.2) is 48.5 Å². The van der Waals surface area contributed by atoms with Crippen molar-refractivity contribution in [2.75, 3.05) is 0 Å². The molecule has 2 aromatic carbocycles. The summed E-state index contributed by atoms with van der Waals surface area (Å²) < 4.78 is 0. The number of rotatable bonds is 3. The first-order chi connectivity index (χ1) is 8.16. The highest BCUT2D eigenvalue weighted by molar-refractivity contribution is 6.59. The fourth-order valence-corrected chi connectivity index (χ4v) is 1.99. The van der Waals surface area contributed by atoms with Crippen molar-refractivity contribution in [2.45, 2.75) is 6.42 Å².